The van der Waals surface area contributed by atoms with Gasteiger partial charge in [0, 0.05) is 11.6 Å². The van der Waals surface area contributed by atoms with Crippen LogP contribution in [0, 0.1) is 10.1 Å². The van der Waals surface area contributed by atoms with Gasteiger partial charge in [0.25, 0.3) is 11.6 Å². The normalized spacial score (nSPS) is 10.5. The number of amides is 1. The van der Waals surface area contributed by atoms with Crippen LogP contribution in [-0.4, -0.2) is 22.2 Å². The van der Waals surface area contributed by atoms with Crippen molar-refractivity contribution in [2.75, 3.05) is 0 Å². The zero-order valence-corrected chi connectivity index (χ0v) is 10.8. The van der Waals surface area contributed by atoms with Crippen molar-refractivity contribution in [2.24, 2.45) is 5.10 Å². The third-order valence-electron chi connectivity index (χ3n) is 2.61. The van der Waals surface area contributed by atoms with E-state index in [1.54, 1.807) is 12.1 Å². The van der Waals surface area contributed by atoms with E-state index < -0.39 is 10.8 Å². The fourth-order valence-corrected chi connectivity index (χ4v) is 1.64. The predicted octanol–water partition coefficient (Wildman–Crippen LogP) is 2.06. The zero-order chi connectivity index (χ0) is 15.2. The standard InChI is InChI=1S/C14H11N3O4/c18-12-6-3-5-10(8-12)14(19)16-15-9-11-4-1-2-7-13(11)17(20)21/h1-9,18H,(H,16,19). The molecule has 0 aliphatic rings. The Labute approximate surface area is 119 Å². The molecule has 0 aliphatic carbocycles. The van der Waals surface area contributed by atoms with E-state index in [1.165, 1.54) is 42.6 Å². The number of nitro benzene ring substituents is 1. The van der Waals surface area contributed by atoms with Gasteiger partial charge < -0.3 is 5.11 Å². The molecule has 7 nitrogen and oxygen atoms in total. The van der Waals surface area contributed by atoms with Crippen molar-refractivity contribution >= 4 is 17.8 Å². The highest BCUT2D eigenvalue weighted by Gasteiger charge is 2.10. The molecule has 2 aromatic carbocycles. The van der Waals surface area contributed by atoms with Crippen molar-refractivity contribution in [3.05, 3.63) is 69.8 Å². The molecule has 0 saturated heterocycles. The van der Waals surface area contributed by atoms with Crippen LogP contribution in [0.1, 0.15) is 15.9 Å². The molecule has 0 aromatic heterocycles. The Morgan fingerprint density at radius 3 is 2.71 bits per heavy atom. The summed E-state index contributed by atoms with van der Waals surface area (Å²) >= 11 is 0. The molecular formula is C14H11N3O4. The maximum absolute atomic E-state index is 11.7. The molecule has 0 saturated carbocycles. The summed E-state index contributed by atoms with van der Waals surface area (Å²) in [4.78, 5) is 22.0. The van der Waals surface area contributed by atoms with Gasteiger partial charge in [0.15, 0.2) is 0 Å². The van der Waals surface area contributed by atoms with Gasteiger partial charge in [-0.25, -0.2) is 5.43 Å². The van der Waals surface area contributed by atoms with Crippen LogP contribution in [0.2, 0.25) is 0 Å². The fraction of sp³-hybridized carbons (Fsp3) is 0. The van der Waals surface area contributed by atoms with E-state index in [1.807, 2.05) is 0 Å². The van der Waals surface area contributed by atoms with Crippen molar-refractivity contribution in [1.82, 2.24) is 5.43 Å². The fourth-order valence-electron chi connectivity index (χ4n) is 1.64. The van der Waals surface area contributed by atoms with Gasteiger partial charge in [0.05, 0.1) is 16.7 Å². The lowest BCUT2D eigenvalue weighted by Gasteiger charge is -2.00. The molecule has 1 amide bonds. The Balaban J connectivity index is 2.09. The second kappa shape index (κ2) is 6.29. The number of carbonyl (C=O) groups excluding carboxylic acids is 1. The average Bonchev–Trinajstić information content (AvgIpc) is 2.47. The first-order valence-electron chi connectivity index (χ1n) is 5.94. The van der Waals surface area contributed by atoms with Crippen LogP contribution < -0.4 is 5.43 Å². The minimum Gasteiger partial charge on any atom is -0.508 e. The number of para-hydroxylation sites is 1. The molecule has 2 rings (SSSR count). The molecule has 0 atom stereocenters. The summed E-state index contributed by atoms with van der Waals surface area (Å²) < 4.78 is 0. The highest BCUT2D eigenvalue weighted by atomic mass is 16.6. The first-order chi connectivity index (χ1) is 10.1. The number of hydrogen-bond acceptors (Lipinski definition) is 5. The van der Waals surface area contributed by atoms with E-state index in [0.717, 1.165) is 0 Å². The largest absolute Gasteiger partial charge is 0.508 e. The van der Waals surface area contributed by atoms with E-state index in [0.29, 0.717) is 0 Å². The van der Waals surface area contributed by atoms with Crippen molar-refractivity contribution < 1.29 is 14.8 Å². The number of nitrogens with zero attached hydrogens (tertiary/aromatic N) is 2. The predicted molar refractivity (Wildman–Crippen MR) is 76.3 cm³/mol. The number of carbonyl (C=O) groups is 1. The quantitative estimate of drug-likeness (QED) is 0.509. The summed E-state index contributed by atoms with van der Waals surface area (Å²) in [7, 11) is 0. The Bertz CT molecular complexity index is 713. The molecule has 2 N–H and O–H groups in total. The van der Waals surface area contributed by atoms with Crippen LogP contribution in [0.5, 0.6) is 5.75 Å². The zero-order valence-electron chi connectivity index (χ0n) is 10.8. The summed E-state index contributed by atoms with van der Waals surface area (Å²) in [6.45, 7) is 0. The number of benzene rings is 2. The van der Waals surface area contributed by atoms with E-state index in [4.69, 9.17) is 0 Å². The van der Waals surface area contributed by atoms with Crippen molar-refractivity contribution in [1.29, 1.82) is 0 Å². The lowest BCUT2D eigenvalue weighted by molar-refractivity contribution is -0.385. The molecule has 0 fully saturated rings. The molecule has 0 bridgehead atoms. The van der Waals surface area contributed by atoms with Gasteiger partial charge in [0.1, 0.15) is 5.75 Å². The number of nitrogens with one attached hydrogen (secondary N) is 1. The molecule has 7 heteroatoms. The molecule has 0 unspecified atom stereocenters. The Hall–Kier alpha value is -3.22. The van der Waals surface area contributed by atoms with Gasteiger partial charge >= 0.3 is 0 Å². The van der Waals surface area contributed by atoms with Crippen molar-refractivity contribution in [3.8, 4) is 5.75 Å². The topological polar surface area (TPSA) is 105 Å². The molecule has 106 valence electrons. The Morgan fingerprint density at radius 2 is 2.00 bits per heavy atom. The second-order valence-corrected chi connectivity index (χ2v) is 4.07. The first kappa shape index (κ1) is 14.2. The Kier molecular flexibility index (Phi) is 4.25. The molecule has 0 radical (unpaired) electrons. The van der Waals surface area contributed by atoms with Gasteiger partial charge in [-0.05, 0) is 24.3 Å². The number of aromatic hydroxyl groups is 1. The minimum absolute atomic E-state index is 0.0367. The van der Waals surface area contributed by atoms with Crippen LogP contribution in [0.25, 0.3) is 0 Å². The number of phenols is 1. The summed E-state index contributed by atoms with van der Waals surface area (Å²) in [5, 5.41) is 23.8. The third kappa shape index (κ3) is 3.63. The number of hydrogen-bond donors (Lipinski definition) is 2. The number of nitro groups is 1. The van der Waals surface area contributed by atoms with E-state index in [2.05, 4.69) is 10.5 Å². The number of phenolic OH excluding ortho intramolecular Hbond substituents is 1. The molecule has 0 heterocycles. The van der Waals surface area contributed by atoms with E-state index >= 15 is 0 Å². The van der Waals surface area contributed by atoms with Gasteiger partial charge in [0.2, 0.25) is 0 Å². The van der Waals surface area contributed by atoms with Crippen LogP contribution in [0.3, 0.4) is 0 Å². The molecule has 0 spiro atoms. The monoisotopic (exact) mass is 285 g/mol. The molecular weight excluding hydrogens is 274 g/mol. The van der Waals surface area contributed by atoms with Gasteiger partial charge in [-0.3, -0.25) is 14.9 Å². The van der Waals surface area contributed by atoms with Gasteiger partial charge in [-0.1, -0.05) is 18.2 Å². The molecule has 2 aromatic rings. The smallest absolute Gasteiger partial charge is 0.278 e. The lowest BCUT2D eigenvalue weighted by atomic mass is 10.2. The highest BCUT2D eigenvalue weighted by Crippen LogP contribution is 2.15. The third-order valence-corrected chi connectivity index (χ3v) is 2.61. The van der Waals surface area contributed by atoms with Crippen LogP contribution in [0.15, 0.2) is 53.6 Å². The van der Waals surface area contributed by atoms with Crippen LogP contribution in [-0.2, 0) is 0 Å². The minimum atomic E-state index is -0.529. The summed E-state index contributed by atoms with van der Waals surface area (Å²) in [6.07, 6.45) is 1.19. The SMILES string of the molecule is O=C(NN=Cc1ccccc1[N+](=O)[O-])c1cccc(O)c1. The highest BCUT2D eigenvalue weighted by molar-refractivity contribution is 5.95. The summed E-state index contributed by atoms with van der Waals surface area (Å²) in [6, 6.07) is 11.8. The van der Waals surface area contributed by atoms with Crippen LogP contribution in [0.4, 0.5) is 5.69 Å². The Morgan fingerprint density at radius 1 is 1.24 bits per heavy atom. The van der Waals surface area contributed by atoms with Gasteiger partial charge in [-0.15, -0.1) is 0 Å². The van der Waals surface area contributed by atoms with Crippen molar-refractivity contribution in [3.63, 3.8) is 0 Å². The maximum Gasteiger partial charge on any atom is 0.278 e. The van der Waals surface area contributed by atoms with E-state index in [9.17, 15) is 20.0 Å². The molecule has 0 aliphatic heterocycles. The molecule has 21 heavy (non-hydrogen) atoms. The maximum atomic E-state index is 11.7. The summed E-state index contributed by atoms with van der Waals surface area (Å²) in [5.74, 6) is -0.564. The lowest BCUT2D eigenvalue weighted by Crippen LogP contribution is -2.17. The van der Waals surface area contributed by atoms with E-state index in [-0.39, 0.29) is 22.6 Å². The average molecular weight is 285 g/mol. The number of rotatable bonds is 4. The first-order valence-corrected chi connectivity index (χ1v) is 5.94. The van der Waals surface area contributed by atoms with Gasteiger partial charge in [-0.2, -0.15) is 5.10 Å². The second-order valence-electron chi connectivity index (χ2n) is 4.07. The number of hydrazone groups is 1. The van der Waals surface area contributed by atoms with Crippen molar-refractivity contribution in [2.45, 2.75) is 0 Å². The van der Waals surface area contributed by atoms with Crippen LogP contribution >= 0.6 is 0 Å². The summed E-state index contributed by atoms with van der Waals surface area (Å²) in [5.41, 5.74) is 2.64.